The molecular formula is C35H57N3O7. The summed E-state index contributed by atoms with van der Waals surface area (Å²) < 4.78 is 22.3. The Balaban J connectivity index is 1.78. The molecule has 1 aliphatic carbocycles. The molecule has 0 radical (unpaired) electrons. The molecule has 1 aliphatic heterocycles. The maximum Gasteiger partial charge on any atom is 0.410 e. The number of hydrogen-bond acceptors (Lipinski definition) is 7. The summed E-state index contributed by atoms with van der Waals surface area (Å²) >= 11 is 0. The normalized spacial score (nSPS) is 22.0. The van der Waals surface area contributed by atoms with Gasteiger partial charge < -0.3 is 33.6 Å². The van der Waals surface area contributed by atoms with Gasteiger partial charge in [0.05, 0.1) is 12.7 Å². The predicted molar refractivity (Wildman–Crippen MR) is 175 cm³/mol. The van der Waals surface area contributed by atoms with Crippen molar-refractivity contribution in [1.29, 1.82) is 0 Å². The number of nitrogens with zero attached hydrogens (tertiary/aromatic N) is 3. The molecule has 1 aromatic carbocycles. The summed E-state index contributed by atoms with van der Waals surface area (Å²) in [4.78, 5) is 46.1. The Labute approximate surface area is 270 Å². The quantitative estimate of drug-likeness (QED) is 0.269. The smallest absolute Gasteiger partial charge is 0.410 e. The number of methoxy groups -OCH3 is 2. The van der Waals surface area contributed by atoms with Crippen molar-refractivity contribution < 1.29 is 33.3 Å². The molecule has 2 aliphatic rings. The zero-order chi connectivity index (χ0) is 33.3. The third-order valence-electron chi connectivity index (χ3n) is 8.97. The van der Waals surface area contributed by atoms with Gasteiger partial charge in [-0.3, -0.25) is 9.59 Å². The number of amides is 3. The molecule has 254 valence electrons. The van der Waals surface area contributed by atoms with Crippen LogP contribution in [-0.4, -0.2) is 111 Å². The number of carbonyl (C=O) groups excluding carboxylic acids is 3. The van der Waals surface area contributed by atoms with Crippen molar-refractivity contribution in [3.8, 4) is 5.75 Å². The lowest BCUT2D eigenvalue weighted by Gasteiger charge is -2.34. The number of aryl methyl sites for hydroxylation is 1. The van der Waals surface area contributed by atoms with Crippen LogP contribution in [0.2, 0.25) is 0 Å². The summed E-state index contributed by atoms with van der Waals surface area (Å²) in [6.07, 6.45) is 4.06. The van der Waals surface area contributed by atoms with E-state index in [9.17, 15) is 14.4 Å². The van der Waals surface area contributed by atoms with Crippen molar-refractivity contribution in [3.05, 3.63) is 29.3 Å². The van der Waals surface area contributed by atoms with E-state index in [1.54, 1.807) is 19.1 Å². The molecule has 1 saturated carbocycles. The van der Waals surface area contributed by atoms with Crippen LogP contribution in [0.25, 0.3) is 0 Å². The highest BCUT2D eigenvalue weighted by atomic mass is 16.6. The highest BCUT2D eigenvalue weighted by Crippen LogP contribution is 2.31. The Hall–Kier alpha value is -2.85. The lowest BCUT2D eigenvalue weighted by molar-refractivity contribution is -0.136. The molecule has 1 saturated heterocycles. The van der Waals surface area contributed by atoms with E-state index < -0.39 is 5.60 Å². The van der Waals surface area contributed by atoms with Crippen molar-refractivity contribution >= 4 is 17.9 Å². The lowest BCUT2D eigenvalue weighted by Crippen LogP contribution is -2.44. The maximum absolute atomic E-state index is 14.0. The minimum atomic E-state index is -0.618. The van der Waals surface area contributed by atoms with E-state index in [0.717, 1.165) is 37.7 Å². The van der Waals surface area contributed by atoms with Gasteiger partial charge in [0.2, 0.25) is 5.91 Å². The summed E-state index contributed by atoms with van der Waals surface area (Å²) in [6, 6.07) is 5.51. The third kappa shape index (κ3) is 10.6. The first-order valence-electron chi connectivity index (χ1n) is 16.5. The molecule has 2 fully saturated rings. The van der Waals surface area contributed by atoms with Crippen molar-refractivity contribution in [2.75, 3.05) is 60.7 Å². The number of benzene rings is 1. The average molecular weight is 632 g/mol. The molecule has 3 amide bonds. The second-order valence-electron chi connectivity index (χ2n) is 14.1. The summed E-state index contributed by atoms with van der Waals surface area (Å²) in [6.45, 7) is 14.6. The maximum atomic E-state index is 14.0. The second-order valence-corrected chi connectivity index (χ2v) is 14.1. The lowest BCUT2D eigenvalue weighted by atomic mass is 9.86. The van der Waals surface area contributed by atoms with Crippen LogP contribution < -0.4 is 4.74 Å². The van der Waals surface area contributed by atoms with Gasteiger partial charge in [0.15, 0.2) is 0 Å². The van der Waals surface area contributed by atoms with E-state index in [4.69, 9.17) is 18.9 Å². The largest absolute Gasteiger partial charge is 0.493 e. The van der Waals surface area contributed by atoms with Gasteiger partial charge in [0, 0.05) is 89.8 Å². The molecular weight excluding hydrogens is 574 g/mol. The molecule has 45 heavy (non-hydrogen) atoms. The van der Waals surface area contributed by atoms with Crippen LogP contribution >= 0.6 is 0 Å². The molecule has 3 rings (SSSR count). The summed E-state index contributed by atoms with van der Waals surface area (Å²) in [5.74, 6) is 0.709. The van der Waals surface area contributed by atoms with Gasteiger partial charge in [-0.05, 0) is 84.9 Å². The minimum absolute atomic E-state index is 0.00599. The fourth-order valence-electron chi connectivity index (χ4n) is 6.35. The van der Waals surface area contributed by atoms with Crippen LogP contribution in [0.1, 0.15) is 82.6 Å². The molecule has 0 N–H and O–H groups in total. The number of rotatable bonds is 13. The van der Waals surface area contributed by atoms with E-state index in [-0.39, 0.29) is 47.8 Å². The topological polar surface area (TPSA) is 97.9 Å². The van der Waals surface area contributed by atoms with Gasteiger partial charge in [-0.1, -0.05) is 6.07 Å². The Morgan fingerprint density at radius 1 is 0.978 bits per heavy atom. The molecule has 1 aromatic rings. The van der Waals surface area contributed by atoms with Crippen LogP contribution in [0.5, 0.6) is 5.75 Å². The average Bonchev–Trinajstić information content (AvgIpc) is 3.39. The number of carbonyl (C=O) groups is 3. The second kappa shape index (κ2) is 16.6. The van der Waals surface area contributed by atoms with Crippen molar-refractivity contribution in [2.24, 2.45) is 17.8 Å². The summed E-state index contributed by atoms with van der Waals surface area (Å²) in [5, 5.41) is 0. The molecule has 0 aromatic heterocycles. The van der Waals surface area contributed by atoms with E-state index in [1.807, 2.05) is 76.6 Å². The van der Waals surface area contributed by atoms with Crippen LogP contribution in [0.3, 0.4) is 0 Å². The Bertz CT molecular complexity index is 1130. The number of likely N-dealkylation sites (tertiary alicyclic amines) is 1. The SMILES string of the molecule is COCCCOc1cc(C(=O)N(C[C@@H]2CN(C(=O)OC(C)(C)C)C[C@H]2CN(C)C(=O)[C@H]2CC[C@H](OC)CC2)C(C)C)ccc1C. The van der Waals surface area contributed by atoms with Crippen LogP contribution in [0.4, 0.5) is 4.79 Å². The Morgan fingerprint density at radius 2 is 1.62 bits per heavy atom. The standard InChI is InChI=1S/C35H57N3O7/c1-24(2)38(33(40)27-12-11-25(3)31(19-27)44-18-10-17-42-8)23-29-22-37(34(41)45-35(4,5)6)21-28(29)20-36(7)32(39)26-13-15-30(43-9)16-14-26/h11-12,19,24,26,28-30H,10,13-18,20-23H2,1-9H3/t26-,28-,29+,30-/m1/s1. The molecule has 10 heteroatoms. The first-order chi connectivity index (χ1) is 21.2. The molecule has 0 unspecified atom stereocenters. The fraction of sp³-hybridized carbons (Fsp3) is 0.743. The van der Waals surface area contributed by atoms with Crippen LogP contribution in [-0.2, 0) is 19.0 Å². The molecule has 0 spiro atoms. The van der Waals surface area contributed by atoms with Gasteiger partial charge >= 0.3 is 6.09 Å². The van der Waals surface area contributed by atoms with Crippen molar-refractivity contribution in [3.63, 3.8) is 0 Å². The van der Waals surface area contributed by atoms with Crippen LogP contribution in [0.15, 0.2) is 18.2 Å². The van der Waals surface area contributed by atoms with E-state index in [2.05, 4.69) is 0 Å². The third-order valence-corrected chi connectivity index (χ3v) is 8.97. The van der Waals surface area contributed by atoms with E-state index >= 15 is 0 Å². The summed E-state index contributed by atoms with van der Waals surface area (Å²) in [5.41, 5.74) is 0.911. The first kappa shape index (κ1) is 36.6. The van der Waals surface area contributed by atoms with E-state index in [1.165, 1.54) is 0 Å². The molecule has 0 bridgehead atoms. The van der Waals surface area contributed by atoms with Crippen molar-refractivity contribution in [1.82, 2.24) is 14.7 Å². The minimum Gasteiger partial charge on any atom is -0.493 e. The molecule has 1 heterocycles. The first-order valence-corrected chi connectivity index (χ1v) is 16.5. The van der Waals surface area contributed by atoms with E-state index in [0.29, 0.717) is 50.7 Å². The number of hydrogen-bond donors (Lipinski definition) is 0. The molecule has 10 nitrogen and oxygen atoms in total. The van der Waals surface area contributed by atoms with Gasteiger partial charge in [0.1, 0.15) is 11.4 Å². The predicted octanol–water partition coefficient (Wildman–Crippen LogP) is 5.41. The zero-order valence-electron chi connectivity index (χ0n) is 29.1. The number of ether oxygens (including phenoxy) is 4. The van der Waals surface area contributed by atoms with Gasteiger partial charge in [0.25, 0.3) is 5.91 Å². The highest BCUT2D eigenvalue weighted by Gasteiger charge is 2.41. The van der Waals surface area contributed by atoms with Gasteiger partial charge in [-0.15, -0.1) is 0 Å². The van der Waals surface area contributed by atoms with Gasteiger partial charge in [-0.25, -0.2) is 4.79 Å². The molecule has 2 atom stereocenters. The zero-order valence-corrected chi connectivity index (χ0v) is 29.1. The van der Waals surface area contributed by atoms with Gasteiger partial charge in [-0.2, -0.15) is 0 Å². The Morgan fingerprint density at radius 3 is 2.20 bits per heavy atom. The van der Waals surface area contributed by atoms with Crippen molar-refractivity contribution in [2.45, 2.75) is 91.4 Å². The Kier molecular flexibility index (Phi) is 13.5. The summed E-state index contributed by atoms with van der Waals surface area (Å²) in [7, 11) is 5.26. The highest BCUT2D eigenvalue weighted by molar-refractivity contribution is 5.95. The fourth-order valence-corrected chi connectivity index (χ4v) is 6.35. The van der Waals surface area contributed by atoms with Crippen LogP contribution in [0, 0.1) is 24.7 Å². The monoisotopic (exact) mass is 631 g/mol.